The molecule has 31 heavy (non-hydrogen) atoms. The third-order valence-corrected chi connectivity index (χ3v) is 8.13. The van der Waals surface area contributed by atoms with Crippen LogP contribution in [0.25, 0.3) is 0 Å². The zero-order chi connectivity index (χ0) is 23.0. The van der Waals surface area contributed by atoms with Crippen molar-refractivity contribution >= 4 is 17.9 Å². The zero-order valence-electron chi connectivity index (χ0n) is 19.4. The summed E-state index contributed by atoms with van der Waals surface area (Å²) in [6.45, 7) is 10.4. The SMILES string of the molecule is CC(=O)O.CC(=O)OC[C@]1(C)CCC[C@]2(C)[C@@H]1CC[C@@]1(C)O[C@H](C3=CCOC3=O)C[C@@H]21.[HH]. The molecule has 6 atom stereocenters. The summed E-state index contributed by atoms with van der Waals surface area (Å²) in [5.74, 6) is -0.338. The highest BCUT2D eigenvalue weighted by molar-refractivity contribution is 5.91. The summed E-state index contributed by atoms with van der Waals surface area (Å²) in [7, 11) is 0. The van der Waals surface area contributed by atoms with Gasteiger partial charge in [0.05, 0.1) is 23.9 Å². The Kier molecular flexibility index (Phi) is 6.57. The highest BCUT2D eigenvalue weighted by Crippen LogP contribution is 2.66. The van der Waals surface area contributed by atoms with E-state index < -0.39 is 5.97 Å². The van der Waals surface area contributed by atoms with Gasteiger partial charge in [-0.25, -0.2) is 4.79 Å². The Morgan fingerprint density at radius 2 is 1.87 bits per heavy atom. The van der Waals surface area contributed by atoms with Gasteiger partial charge < -0.3 is 19.3 Å². The average molecular weight is 439 g/mol. The number of carbonyl (C=O) groups is 3. The number of carbonyl (C=O) groups excluding carboxylic acids is 2. The Hall–Kier alpha value is -1.89. The van der Waals surface area contributed by atoms with Crippen molar-refractivity contribution in [2.75, 3.05) is 13.2 Å². The predicted octanol–water partition coefficient (Wildman–Crippen LogP) is 4.14. The van der Waals surface area contributed by atoms with Crippen LogP contribution in [-0.2, 0) is 28.6 Å². The molecule has 1 N–H and O–H groups in total. The van der Waals surface area contributed by atoms with Crippen molar-refractivity contribution in [2.45, 2.75) is 84.8 Å². The molecule has 0 bridgehead atoms. The van der Waals surface area contributed by atoms with E-state index in [2.05, 4.69) is 20.8 Å². The van der Waals surface area contributed by atoms with Gasteiger partial charge >= 0.3 is 11.9 Å². The molecule has 3 fully saturated rings. The minimum absolute atomic E-state index is 0. The van der Waals surface area contributed by atoms with Crippen molar-refractivity contribution in [3.8, 4) is 0 Å². The van der Waals surface area contributed by atoms with E-state index in [1.807, 2.05) is 6.08 Å². The quantitative estimate of drug-likeness (QED) is 0.661. The molecular weight excluding hydrogens is 400 g/mol. The number of esters is 2. The largest absolute Gasteiger partial charge is 0.481 e. The average Bonchev–Trinajstić information content (AvgIpc) is 3.23. The van der Waals surface area contributed by atoms with E-state index in [4.69, 9.17) is 24.1 Å². The molecule has 2 aliphatic carbocycles. The molecule has 2 aliphatic heterocycles. The van der Waals surface area contributed by atoms with Crippen LogP contribution in [0.3, 0.4) is 0 Å². The van der Waals surface area contributed by atoms with Crippen LogP contribution in [0.1, 0.15) is 74.6 Å². The van der Waals surface area contributed by atoms with Gasteiger partial charge in [-0.1, -0.05) is 20.3 Å². The van der Waals surface area contributed by atoms with Crippen molar-refractivity contribution in [1.82, 2.24) is 0 Å². The van der Waals surface area contributed by atoms with Gasteiger partial charge in [0.2, 0.25) is 0 Å². The van der Waals surface area contributed by atoms with Crippen LogP contribution in [0.2, 0.25) is 0 Å². The second kappa shape index (κ2) is 8.57. The fourth-order valence-corrected chi connectivity index (χ4v) is 6.93. The van der Waals surface area contributed by atoms with Gasteiger partial charge in [0, 0.05) is 20.7 Å². The molecule has 0 spiro atoms. The van der Waals surface area contributed by atoms with Gasteiger partial charge in [0.15, 0.2) is 0 Å². The summed E-state index contributed by atoms with van der Waals surface area (Å²) in [5.41, 5.74) is 0.672. The van der Waals surface area contributed by atoms with Crippen molar-refractivity contribution in [3.05, 3.63) is 11.6 Å². The Bertz CT molecular complexity index is 776. The van der Waals surface area contributed by atoms with Crippen LogP contribution in [0, 0.1) is 22.7 Å². The monoisotopic (exact) mass is 438 g/mol. The smallest absolute Gasteiger partial charge is 0.336 e. The van der Waals surface area contributed by atoms with Crippen molar-refractivity contribution < 1.29 is 35.1 Å². The van der Waals surface area contributed by atoms with Crippen LogP contribution in [-0.4, -0.2) is 47.9 Å². The highest BCUT2D eigenvalue weighted by Gasteiger charge is 2.63. The first-order valence-electron chi connectivity index (χ1n) is 11.3. The molecule has 7 nitrogen and oxygen atoms in total. The fourth-order valence-electron chi connectivity index (χ4n) is 6.93. The molecule has 0 amide bonds. The van der Waals surface area contributed by atoms with Gasteiger partial charge in [-0.15, -0.1) is 0 Å². The summed E-state index contributed by atoms with van der Waals surface area (Å²) in [4.78, 5) is 32.5. The Morgan fingerprint density at radius 3 is 2.45 bits per heavy atom. The normalized spacial score (nSPS) is 41.1. The maximum absolute atomic E-state index is 12.1. The lowest BCUT2D eigenvalue weighted by Crippen LogP contribution is -2.57. The Labute approximate surface area is 186 Å². The first-order chi connectivity index (χ1) is 14.4. The highest BCUT2D eigenvalue weighted by atomic mass is 16.5. The van der Waals surface area contributed by atoms with Gasteiger partial charge in [0.25, 0.3) is 5.97 Å². The van der Waals surface area contributed by atoms with E-state index >= 15 is 0 Å². The molecule has 0 aromatic carbocycles. The molecular formula is C24H38O7. The second-order valence-corrected chi connectivity index (χ2v) is 10.4. The number of hydrogen-bond donors (Lipinski definition) is 1. The van der Waals surface area contributed by atoms with Gasteiger partial charge in [-0.3, -0.25) is 9.59 Å². The van der Waals surface area contributed by atoms with E-state index in [1.54, 1.807) is 0 Å². The van der Waals surface area contributed by atoms with Crippen LogP contribution >= 0.6 is 0 Å². The maximum Gasteiger partial charge on any atom is 0.336 e. The van der Waals surface area contributed by atoms with Gasteiger partial charge in [-0.2, -0.15) is 0 Å². The molecule has 1 saturated heterocycles. The molecule has 0 unspecified atom stereocenters. The summed E-state index contributed by atoms with van der Waals surface area (Å²) in [5, 5.41) is 7.42. The number of fused-ring (bicyclic) bond motifs is 3. The van der Waals surface area contributed by atoms with Crippen LogP contribution in [0.15, 0.2) is 11.6 Å². The third-order valence-electron chi connectivity index (χ3n) is 8.13. The molecule has 4 aliphatic rings. The summed E-state index contributed by atoms with van der Waals surface area (Å²) in [6, 6.07) is 0. The molecule has 4 rings (SSSR count). The zero-order valence-corrected chi connectivity index (χ0v) is 19.4. The molecule has 0 aromatic rings. The minimum atomic E-state index is -0.833. The molecule has 2 heterocycles. The van der Waals surface area contributed by atoms with E-state index in [0.717, 1.165) is 39.0 Å². The number of cyclic esters (lactones) is 1. The van der Waals surface area contributed by atoms with Crippen molar-refractivity contribution in [2.24, 2.45) is 22.7 Å². The topological polar surface area (TPSA) is 99.1 Å². The standard InChI is InChI=1S/C22H32O5.C2H4O2.H2/c1-14(23)26-13-20(2)8-5-9-21(3)17(20)6-10-22(4)18(21)12-16(27-22)15-7-11-25-19(15)24;1-2(3)4;/h7,16-18H,5-6,8-13H2,1-4H3;1H3,(H,3,4);1H/t16-,17+,18-,20-,21+,22+;;/m0../s1. The van der Waals surface area contributed by atoms with E-state index in [0.29, 0.717) is 30.6 Å². The molecule has 176 valence electrons. The van der Waals surface area contributed by atoms with Crippen LogP contribution in [0.5, 0.6) is 0 Å². The number of aliphatic carboxylic acids is 1. The summed E-state index contributed by atoms with van der Waals surface area (Å²) < 4.78 is 17.1. The molecule has 0 aromatic heterocycles. The van der Waals surface area contributed by atoms with Gasteiger partial charge in [0.1, 0.15) is 6.61 Å². The van der Waals surface area contributed by atoms with E-state index in [9.17, 15) is 9.59 Å². The van der Waals surface area contributed by atoms with Crippen LogP contribution in [0.4, 0.5) is 0 Å². The molecule has 0 radical (unpaired) electrons. The lowest BCUT2D eigenvalue weighted by molar-refractivity contribution is -0.175. The van der Waals surface area contributed by atoms with Crippen molar-refractivity contribution in [1.29, 1.82) is 0 Å². The summed E-state index contributed by atoms with van der Waals surface area (Å²) >= 11 is 0. The summed E-state index contributed by atoms with van der Waals surface area (Å²) in [6.07, 6.45) is 8.12. The lowest BCUT2D eigenvalue weighted by Gasteiger charge is -2.60. The predicted molar refractivity (Wildman–Crippen MR) is 115 cm³/mol. The Morgan fingerprint density at radius 1 is 1.19 bits per heavy atom. The van der Waals surface area contributed by atoms with Gasteiger partial charge in [-0.05, 0) is 62.4 Å². The number of hydrogen-bond acceptors (Lipinski definition) is 6. The number of carboxylic acids is 1. The van der Waals surface area contributed by atoms with Crippen LogP contribution < -0.4 is 0 Å². The maximum atomic E-state index is 12.1. The number of rotatable bonds is 3. The van der Waals surface area contributed by atoms with Crippen molar-refractivity contribution in [3.63, 3.8) is 0 Å². The number of ether oxygens (including phenoxy) is 3. The first kappa shape index (κ1) is 23.8. The fraction of sp³-hybridized carbons (Fsp3) is 0.792. The van der Waals surface area contributed by atoms with E-state index in [1.165, 1.54) is 13.3 Å². The molecule has 7 heteroatoms. The number of carboxylic acid groups (broad SMARTS) is 1. The minimum Gasteiger partial charge on any atom is -0.481 e. The Balaban J connectivity index is 0.000000672. The third kappa shape index (κ3) is 4.52. The molecule has 2 saturated carbocycles. The lowest BCUT2D eigenvalue weighted by atomic mass is 9.45. The first-order valence-corrected chi connectivity index (χ1v) is 11.3. The second-order valence-electron chi connectivity index (χ2n) is 10.4. The van der Waals surface area contributed by atoms with E-state index in [-0.39, 0.29) is 35.9 Å².